The van der Waals surface area contributed by atoms with Gasteiger partial charge in [0.15, 0.2) is 0 Å². The molecule has 1 unspecified atom stereocenters. The van der Waals surface area contributed by atoms with Crippen molar-refractivity contribution in [2.24, 2.45) is 5.73 Å². The van der Waals surface area contributed by atoms with Crippen LogP contribution in [-0.2, 0) is 9.53 Å². The number of nitrogens with two attached hydrogens (primary N) is 1. The van der Waals surface area contributed by atoms with Crippen LogP contribution >= 0.6 is 12.4 Å². The summed E-state index contributed by atoms with van der Waals surface area (Å²) in [6.45, 7) is 2.51. The number of methoxy groups -OCH3 is 1. The summed E-state index contributed by atoms with van der Waals surface area (Å²) in [6, 6.07) is 0. The second kappa shape index (κ2) is 7.09. The number of hydrogen-bond donors (Lipinski definition) is 2. The minimum absolute atomic E-state index is 0. The van der Waals surface area contributed by atoms with Crippen LogP contribution in [0.15, 0.2) is 0 Å². The van der Waals surface area contributed by atoms with Gasteiger partial charge in [-0.05, 0) is 25.7 Å². The molecular formula is C11H23ClN2O2. The van der Waals surface area contributed by atoms with E-state index < -0.39 is 0 Å². The first-order valence-corrected chi connectivity index (χ1v) is 5.69. The Hall–Kier alpha value is -0.320. The second-order valence-corrected chi connectivity index (χ2v) is 4.33. The standard InChI is InChI=1S/C11H22N2O2.ClH/c1-3-11(5-4-6-11)13-10(14)7-9(8-12)15-2;/h9H,3-8,12H2,1-2H3,(H,13,14);1H. The molecule has 1 saturated carbocycles. The van der Waals surface area contributed by atoms with E-state index in [9.17, 15) is 4.79 Å². The second-order valence-electron chi connectivity index (χ2n) is 4.33. The maximum Gasteiger partial charge on any atom is 0.223 e. The van der Waals surface area contributed by atoms with Crippen molar-refractivity contribution in [3.8, 4) is 0 Å². The summed E-state index contributed by atoms with van der Waals surface area (Å²) in [5.41, 5.74) is 5.54. The molecule has 1 amide bonds. The van der Waals surface area contributed by atoms with E-state index in [0.717, 1.165) is 19.3 Å². The average molecular weight is 251 g/mol. The summed E-state index contributed by atoms with van der Waals surface area (Å²) in [4.78, 5) is 11.7. The summed E-state index contributed by atoms with van der Waals surface area (Å²) in [5.74, 6) is 0.0638. The van der Waals surface area contributed by atoms with Crippen LogP contribution in [0, 0.1) is 0 Å². The van der Waals surface area contributed by atoms with Crippen LogP contribution in [-0.4, -0.2) is 31.2 Å². The Labute approximate surface area is 104 Å². The fourth-order valence-electron chi connectivity index (χ4n) is 1.99. The van der Waals surface area contributed by atoms with Crippen LogP contribution in [0.3, 0.4) is 0 Å². The monoisotopic (exact) mass is 250 g/mol. The van der Waals surface area contributed by atoms with Crippen LogP contribution in [0.2, 0.25) is 0 Å². The van der Waals surface area contributed by atoms with Crippen molar-refractivity contribution in [3.63, 3.8) is 0 Å². The molecule has 1 rings (SSSR count). The van der Waals surface area contributed by atoms with Crippen LogP contribution in [0.1, 0.15) is 39.0 Å². The zero-order valence-electron chi connectivity index (χ0n) is 10.1. The summed E-state index contributed by atoms with van der Waals surface area (Å²) in [5, 5.41) is 3.10. The molecule has 5 heteroatoms. The predicted molar refractivity (Wildman–Crippen MR) is 66.7 cm³/mol. The van der Waals surface area contributed by atoms with Gasteiger partial charge < -0.3 is 15.8 Å². The van der Waals surface area contributed by atoms with Crippen LogP contribution in [0.25, 0.3) is 0 Å². The van der Waals surface area contributed by atoms with E-state index in [2.05, 4.69) is 12.2 Å². The van der Waals surface area contributed by atoms with Gasteiger partial charge in [-0.15, -0.1) is 12.4 Å². The van der Waals surface area contributed by atoms with Crippen LogP contribution in [0.4, 0.5) is 0 Å². The fraction of sp³-hybridized carbons (Fsp3) is 0.909. The molecule has 0 aromatic carbocycles. The molecule has 4 nitrogen and oxygen atoms in total. The molecule has 96 valence electrons. The molecule has 1 atom stereocenters. The highest BCUT2D eigenvalue weighted by Gasteiger charge is 2.36. The molecule has 0 aromatic rings. The maximum atomic E-state index is 11.7. The van der Waals surface area contributed by atoms with Gasteiger partial charge in [-0.2, -0.15) is 0 Å². The molecule has 0 heterocycles. The first kappa shape index (κ1) is 15.7. The maximum absolute atomic E-state index is 11.7. The smallest absolute Gasteiger partial charge is 0.223 e. The van der Waals surface area contributed by atoms with E-state index in [1.54, 1.807) is 7.11 Å². The van der Waals surface area contributed by atoms with Gasteiger partial charge in [0.25, 0.3) is 0 Å². The third kappa shape index (κ3) is 3.92. The van der Waals surface area contributed by atoms with E-state index >= 15 is 0 Å². The normalized spacial score (nSPS) is 19.2. The topological polar surface area (TPSA) is 64.4 Å². The fourth-order valence-corrected chi connectivity index (χ4v) is 1.99. The van der Waals surface area contributed by atoms with Crippen molar-refractivity contribution in [1.29, 1.82) is 0 Å². The first-order valence-electron chi connectivity index (χ1n) is 5.69. The molecule has 0 aliphatic heterocycles. The minimum Gasteiger partial charge on any atom is -0.380 e. The Morgan fingerprint density at radius 1 is 1.56 bits per heavy atom. The quantitative estimate of drug-likeness (QED) is 0.745. The minimum atomic E-state index is -0.154. The van der Waals surface area contributed by atoms with E-state index in [0.29, 0.717) is 13.0 Å². The lowest BCUT2D eigenvalue weighted by Gasteiger charge is -2.42. The highest BCUT2D eigenvalue weighted by atomic mass is 35.5. The van der Waals surface area contributed by atoms with Gasteiger partial charge in [0, 0.05) is 19.2 Å². The molecule has 0 radical (unpaired) electrons. The Balaban J connectivity index is 0.00000225. The lowest BCUT2D eigenvalue weighted by molar-refractivity contribution is -0.126. The molecule has 16 heavy (non-hydrogen) atoms. The lowest BCUT2D eigenvalue weighted by Crippen LogP contribution is -2.53. The first-order chi connectivity index (χ1) is 7.15. The molecule has 3 N–H and O–H groups in total. The van der Waals surface area contributed by atoms with E-state index in [-0.39, 0.29) is 30.0 Å². The zero-order chi connectivity index (χ0) is 11.3. The van der Waals surface area contributed by atoms with Crippen molar-refractivity contribution in [1.82, 2.24) is 5.32 Å². The number of carbonyl (C=O) groups is 1. The predicted octanol–water partition coefficient (Wildman–Crippen LogP) is 1.22. The highest BCUT2D eigenvalue weighted by Crippen LogP contribution is 2.34. The van der Waals surface area contributed by atoms with Gasteiger partial charge in [0.2, 0.25) is 5.91 Å². The van der Waals surface area contributed by atoms with E-state index in [1.807, 2.05) is 0 Å². The van der Waals surface area contributed by atoms with Crippen molar-refractivity contribution in [2.45, 2.75) is 50.7 Å². The van der Waals surface area contributed by atoms with E-state index in [4.69, 9.17) is 10.5 Å². The number of amides is 1. The van der Waals surface area contributed by atoms with Crippen molar-refractivity contribution in [3.05, 3.63) is 0 Å². The summed E-state index contributed by atoms with van der Waals surface area (Å²) >= 11 is 0. The van der Waals surface area contributed by atoms with Crippen LogP contribution < -0.4 is 11.1 Å². The Bertz CT molecular complexity index is 211. The summed E-state index contributed by atoms with van der Waals surface area (Å²) in [6.07, 6.45) is 4.66. The average Bonchev–Trinajstić information content (AvgIpc) is 2.20. The molecule has 1 aliphatic rings. The van der Waals surface area contributed by atoms with Gasteiger partial charge >= 0.3 is 0 Å². The van der Waals surface area contributed by atoms with Crippen molar-refractivity contribution in [2.75, 3.05) is 13.7 Å². The van der Waals surface area contributed by atoms with Gasteiger partial charge in [0.1, 0.15) is 0 Å². The molecule has 1 aliphatic carbocycles. The molecule has 0 bridgehead atoms. The molecule has 0 aromatic heterocycles. The number of rotatable bonds is 6. The molecular weight excluding hydrogens is 228 g/mol. The lowest BCUT2D eigenvalue weighted by atomic mass is 9.75. The van der Waals surface area contributed by atoms with Crippen molar-refractivity contribution >= 4 is 18.3 Å². The number of halogens is 1. The third-order valence-corrected chi connectivity index (χ3v) is 3.40. The van der Waals surface area contributed by atoms with Gasteiger partial charge in [-0.25, -0.2) is 0 Å². The van der Waals surface area contributed by atoms with Gasteiger partial charge in [-0.3, -0.25) is 4.79 Å². The Morgan fingerprint density at radius 2 is 2.19 bits per heavy atom. The van der Waals surface area contributed by atoms with E-state index in [1.165, 1.54) is 6.42 Å². The number of carbonyl (C=O) groups excluding carboxylic acids is 1. The molecule has 0 spiro atoms. The zero-order valence-corrected chi connectivity index (χ0v) is 10.9. The molecule has 1 fully saturated rings. The molecule has 0 saturated heterocycles. The van der Waals surface area contributed by atoms with Gasteiger partial charge in [0.05, 0.1) is 12.5 Å². The SMILES string of the molecule is CCC1(NC(=O)CC(CN)OC)CCC1.Cl. The number of ether oxygens (including phenoxy) is 1. The summed E-state index contributed by atoms with van der Waals surface area (Å²) < 4.78 is 5.08. The Kier molecular flexibility index (Phi) is 6.95. The third-order valence-electron chi connectivity index (χ3n) is 3.40. The van der Waals surface area contributed by atoms with Gasteiger partial charge in [-0.1, -0.05) is 6.92 Å². The number of hydrogen-bond acceptors (Lipinski definition) is 3. The van der Waals surface area contributed by atoms with Crippen molar-refractivity contribution < 1.29 is 9.53 Å². The number of nitrogens with one attached hydrogen (secondary N) is 1. The highest BCUT2D eigenvalue weighted by molar-refractivity contribution is 5.85. The Morgan fingerprint density at radius 3 is 2.50 bits per heavy atom. The van der Waals surface area contributed by atoms with Crippen LogP contribution in [0.5, 0.6) is 0 Å². The largest absolute Gasteiger partial charge is 0.380 e. The summed E-state index contributed by atoms with van der Waals surface area (Å²) in [7, 11) is 1.59.